The molecule has 1 saturated heterocycles. The maximum Gasteiger partial charge on any atom is 0.273 e. The smallest absolute Gasteiger partial charge is 0.273 e. The van der Waals surface area contributed by atoms with Crippen molar-refractivity contribution in [3.63, 3.8) is 0 Å². The fraction of sp³-hybridized carbons (Fsp3) is 0.500. The van der Waals surface area contributed by atoms with E-state index in [-0.39, 0.29) is 28.5 Å². The first-order valence-corrected chi connectivity index (χ1v) is 10.9. The summed E-state index contributed by atoms with van der Waals surface area (Å²) in [4.78, 5) is 19.0. The molecule has 1 aliphatic heterocycles. The summed E-state index contributed by atoms with van der Waals surface area (Å²) < 4.78 is 27.6. The highest BCUT2D eigenvalue weighted by Crippen LogP contribution is 2.56. The van der Waals surface area contributed by atoms with Crippen LogP contribution in [0.3, 0.4) is 0 Å². The average Bonchev–Trinajstić information content (AvgIpc) is 3.36. The first-order chi connectivity index (χ1) is 12.4. The van der Waals surface area contributed by atoms with Crippen LogP contribution in [0.1, 0.15) is 23.3 Å². The average molecular weight is 394 g/mol. The number of aromatic amines is 1. The molecule has 8 nitrogen and oxygen atoms in total. The third kappa shape index (κ3) is 2.29. The Balaban J connectivity index is 1.40. The van der Waals surface area contributed by atoms with E-state index in [0.717, 1.165) is 12.8 Å². The molecule has 10 heteroatoms. The van der Waals surface area contributed by atoms with Gasteiger partial charge in [-0.05, 0) is 36.7 Å². The monoisotopic (exact) mass is 394 g/mol. The fourth-order valence-corrected chi connectivity index (χ4v) is 7.13. The number of carbonyl (C=O) groups excluding carboxylic acids is 1. The molecule has 0 spiro atoms. The van der Waals surface area contributed by atoms with Gasteiger partial charge in [-0.3, -0.25) is 10.1 Å². The lowest BCUT2D eigenvalue weighted by molar-refractivity contribution is 0.0731. The van der Waals surface area contributed by atoms with Gasteiger partial charge in [0.15, 0.2) is 5.13 Å². The number of H-pyrrole nitrogens is 1. The summed E-state index contributed by atoms with van der Waals surface area (Å²) in [6.45, 7) is 0.455. The number of anilines is 1. The zero-order chi connectivity index (χ0) is 18.1. The van der Waals surface area contributed by atoms with Crippen LogP contribution >= 0.6 is 11.3 Å². The number of hydrogen-bond donors (Lipinski definition) is 3. The van der Waals surface area contributed by atoms with Gasteiger partial charge in [-0.2, -0.15) is 4.31 Å². The van der Waals surface area contributed by atoms with Crippen molar-refractivity contribution >= 4 is 32.4 Å². The first-order valence-electron chi connectivity index (χ1n) is 8.54. The van der Waals surface area contributed by atoms with Crippen LogP contribution in [0, 0.1) is 17.8 Å². The van der Waals surface area contributed by atoms with Gasteiger partial charge in [0.2, 0.25) is 10.0 Å². The lowest BCUT2D eigenvalue weighted by Gasteiger charge is -2.28. The first kappa shape index (κ1) is 16.4. The number of rotatable bonds is 4. The third-order valence-corrected chi connectivity index (χ3v) is 8.49. The van der Waals surface area contributed by atoms with Crippen LogP contribution in [0.2, 0.25) is 0 Å². The van der Waals surface area contributed by atoms with E-state index in [1.54, 1.807) is 11.6 Å². The molecule has 1 amide bonds. The zero-order valence-corrected chi connectivity index (χ0v) is 15.3. The van der Waals surface area contributed by atoms with E-state index < -0.39 is 22.0 Å². The Labute approximate surface area is 154 Å². The maximum atomic E-state index is 13.1. The van der Waals surface area contributed by atoms with Gasteiger partial charge in [-0.25, -0.2) is 13.4 Å². The van der Waals surface area contributed by atoms with Crippen molar-refractivity contribution in [3.05, 3.63) is 29.5 Å². The Hall–Kier alpha value is -1.75. The second-order valence-corrected chi connectivity index (χ2v) is 10.0. The van der Waals surface area contributed by atoms with Crippen molar-refractivity contribution in [1.29, 1.82) is 0 Å². The molecule has 3 N–H and O–H groups in total. The minimum atomic E-state index is -3.76. The molecule has 0 radical (unpaired) electrons. The number of nitrogens with one attached hydrogen (secondary N) is 2. The van der Waals surface area contributed by atoms with E-state index in [1.165, 1.54) is 27.9 Å². The van der Waals surface area contributed by atoms with Crippen molar-refractivity contribution in [1.82, 2.24) is 14.3 Å². The molecule has 138 valence electrons. The minimum Gasteiger partial charge on any atom is -0.391 e. The lowest BCUT2D eigenvalue weighted by atomic mass is 9.88. The van der Waals surface area contributed by atoms with Crippen molar-refractivity contribution < 1.29 is 18.3 Å². The standard InChI is InChI=1S/C16H18N4O4S2/c21-14-8-3-9-7-20(13(14)11(9)4-8)26(23,24)10-5-12(18-6-10)15(22)19-16-17-1-2-25-16/h1-2,5-6,8-9,11,13-14,18,21H,3-4,7H2,(H,17,19,22). The summed E-state index contributed by atoms with van der Waals surface area (Å²) in [6, 6.07) is 1.02. The number of aliphatic hydroxyl groups is 1. The molecule has 2 aliphatic carbocycles. The van der Waals surface area contributed by atoms with E-state index in [4.69, 9.17) is 0 Å². The molecule has 2 aromatic rings. The molecule has 3 fully saturated rings. The molecule has 26 heavy (non-hydrogen) atoms. The highest BCUT2D eigenvalue weighted by molar-refractivity contribution is 7.89. The number of nitrogens with zero attached hydrogens (tertiary/aromatic N) is 2. The Morgan fingerprint density at radius 2 is 2.23 bits per heavy atom. The van der Waals surface area contributed by atoms with E-state index in [0.29, 0.717) is 17.6 Å². The summed E-state index contributed by atoms with van der Waals surface area (Å²) in [5.41, 5.74) is 0.158. The van der Waals surface area contributed by atoms with Crippen LogP contribution < -0.4 is 5.32 Å². The molecule has 5 atom stereocenters. The summed E-state index contributed by atoms with van der Waals surface area (Å²) in [7, 11) is -3.76. The molecule has 3 aliphatic rings. The Kier molecular flexibility index (Phi) is 3.55. The predicted molar refractivity (Wildman–Crippen MR) is 94.3 cm³/mol. The molecule has 2 aromatic heterocycles. The highest BCUT2D eigenvalue weighted by Gasteiger charge is 2.61. The second kappa shape index (κ2) is 5.62. The molecule has 2 saturated carbocycles. The quantitative estimate of drug-likeness (QED) is 0.719. The summed E-state index contributed by atoms with van der Waals surface area (Å²) in [6.07, 6.45) is 4.15. The van der Waals surface area contributed by atoms with Crippen LogP contribution in [-0.4, -0.2) is 52.4 Å². The molecule has 5 unspecified atom stereocenters. The van der Waals surface area contributed by atoms with Crippen molar-refractivity contribution in [2.75, 3.05) is 11.9 Å². The fourth-order valence-electron chi connectivity index (χ4n) is 4.88. The zero-order valence-electron chi connectivity index (χ0n) is 13.7. The van der Waals surface area contributed by atoms with Gasteiger partial charge < -0.3 is 10.1 Å². The summed E-state index contributed by atoms with van der Waals surface area (Å²) in [5.74, 6) is 0.385. The summed E-state index contributed by atoms with van der Waals surface area (Å²) >= 11 is 1.28. The number of amides is 1. The molecule has 3 heterocycles. The molecular formula is C16H18N4O4S2. The van der Waals surface area contributed by atoms with Gasteiger partial charge >= 0.3 is 0 Å². The lowest BCUT2D eigenvalue weighted by Crippen LogP contribution is -2.43. The van der Waals surface area contributed by atoms with Gasteiger partial charge in [-0.15, -0.1) is 11.3 Å². The topological polar surface area (TPSA) is 115 Å². The van der Waals surface area contributed by atoms with E-state index in [2.05, 4.69) is 15.3 Å². The molecule has 5 rings (SSSR count). The van der Waals surface area contributed by atoms with Crippen LogP contribution in [0.5, 0.6) is 0 Å². The van der Waals surface area contributed by atoms with Gasteiger partial charge in [0.05, 0.1) is 12.1 Å². The number of thiazole rings is 1. The molecule has 2 bridgehead atoms. The highest BCUT2D eigenvalue weighted by atomic mass is 32.2. The number of carbonyl (C=O) groups is 1. The second-order valence-electron chi connectivity index (χ2n) is 7.25. The number of sulfonamides is 1. The Morgan fingerprint density at radius 3 is 2.96 bits per heavy atom. The molecule has 0 aromatic carbocycles. The SMILES string of the molecule is O=C(Nc1nccs1)c1cc(S(=O)(=O)N2CC3CC4CC3C2C4O)c[nH]1. The van der Waals surface area contributed by atoms with Crippen molar-refractivity contribution in [2.45, 2.75) is 29.9 Å². The largest absolute Gasteiger partial charge is 0.391 e. The normalized spacial score (nSPS) is 33.0. The molecular weight excluding hydrogens is 376 g/mol. The van der Waals surface area contributed by atoms with Crippen LogP contribution in [0.4, 0.5) is 5.13 Å². The number of hydrogen-bond acceptors (Lipinski definition) is 6. The summed E-state index contributed by atoms with van der Waals surface area (Å²) in [5, 5.41) is 15.2. The number of aromatic nitrogens is 2. The number of fused-ring (bicyclic) bond motifs is 1. The van der Waals surface area contributed by atoms with Gasteiger partial charge in [0.25, 0.3) is 5.91 Å². The van der Waals surface area contributed by atoms with Crippen molar-refractivity contribution in [3.8, 4) is 0 Å². The predicted octanol–water partition coefficient (Wildman–Crippen LogP) is 1.11. The maximum absolute atomic E-state index is 13.1. The van der Waals surface area contributed by atoms with E-state index in [1.807, 2.05) is 0 Å². The van der Waals surface area contributed by atoms with E-state index in [9.17, 15) is 18.3 Å². The Bertz CT molecular complexity index is 953. The van der Waals surface area contributed by atoms with E-state index >= 15 is 0 Å². The van der Waals surface area contributed by atoms with Gasteiger partial charge in [-0.1, -0.05) is 0 Å². The van der Waals surface area contributed by atoms with Crippen LogP contribution in [-0.2, 0) is 10.0 Å². The van der Waals surface area contributed by atoms with Crippen LogP contribution in [0.15, 0.2) is 28.7 Å². The van der Waals surface area contributed by atoms with Gasteiger partial charge in [0.1, 0.15) is 10.6 Å². The van der Waals surface area contributed by atoms with Crippen LogP contribution in [0.25, 0.3) is 0 Å². The third-order valence-electron chi connectivity index (χ3n) is 5.96. The Morgan fingerprint density at radius 1 is 1.38 bits per heavy atom. The van der Waals surface area contributed by atoms with Crippen molar-refractivity contribution in [2.24, 2.45) is 17.8 Å². The minimum absolute atomic E-state index is 0.0544. The van der Waals surface area contributed by atoms with Gasteiger partial charge in [0, 0.05) is 24.3 Å². The number of aliphatic hydroxyl groups excluding tert-OH is 1.